The molecule has 0 aliphatic rings. The van der Waals surface area contributed by atoms with Gasteiger partial charge in [0.1, 0.15) is 6.73 Å². The maximum Gasteiger partial charge on any atom is 0.352 e. The fraction of sp³-hybridized carbons (Fsp3) is 0.636. The van der Waals surface area contributed by atoms with Gasteiger partial charge in [-0.3, -0.25) is 4.57 Å². The molecule has 0 radical (unpaired) electrons. The molecule has 0 aliphatic carbocycles. The van der Waals surface area contributed by atoms with Crippen molar-refractivity contribution in [2.75, 3.05) is 13.7 Å². The first-order chi connectivity index (χ1) is 8.33. The number of aromatic nitrogens is 2. The maximum atomic E-state index is 11.6. The van der Waals surface area contributed by atoms with Gasteiger partial charge in [0.15, 0.2) is 0 Å². The smallest absolute Gasteiger partial charge is 0.352 e. The van der Waals surface area contributed by atoms with Crippen LogP contribution in [-0.4, -0.2) is 31.3 Å². The van der Waals surface area contributed by atoms with E-state index in [-0.39, 0.29) is 12.4 Å². The number of hydrogen-bond acceptors (Lipinski definition) is 4. The highest BCUT2D eigenvalue weighted by Crippen LogP contribution is 2.18. The second-order valence-corrected chi connectivity index (χ2v) is 11.7. The number of ether oxygens (including phenoxy) is 2. The molecule has 1 aromatic rings. The molecule has 0 saturated carbocycles. The van der Waals surface area contributed by atoms with Crippen molar-refractivity contribution in [2.45, 2.75) is 32.4 Å². The Morgan fingerprint density at radius 1 is 1.44 bits per heavy atom. The van der Waals surface area contributed by atoms with Crippen LogP contribution in [0.2, 0.25) is 25.7 Å². The minimum absolute atomic E-state index is 0.221. The number of nitrogens with zero attached hydrogens (tertiary/aromatic N) is 2. The molecule has 1 aromatic heterocycles. The Morgan fingerprint density at radius 2 is 2.11 bits per heavy atom. The molecule has 0 unspecified atom stereocenters. The van der Waals surface area contributed by atoms with E-state index in [0.29, 0.717) is 17.0 Å². The molecule has 7 heteroatoms. The van der Waals surface area contributed by atoms with Gasteiger partial charge in [0, 0.05) is 20.9 Å². The summed E-state index contributed by atoms with van der Waals surface area (Å²) in [6, 6.07) is 1.08. The van der Waals surface area contributed by atoms with Gasteiger partial charge in [0.2, 0.25) is 5.88 Å². The topological polar surface area (TPSA) is 53.3 Å². The zero-order chi connectivity index (χ0) is 13.8. The third-order valence-corrected chi connectivity index (χ3v) is 4.58. The first kappa shape index (κ1) is 15.4. The van der Waals surface area contributed by atoms with E-state index >= 15 is 0 Å². The van der Waals surface area contributed by atoms with Gasteiger partial charge in [0.05, 0.1) is 11.6 Å². The molecule has 0 bridgehead atoms. The second kappa shape index (κ2) is 6.49. The molecule has 102 valence electrons. The van der Waals surface area contributed by atoms with Crippen molar-refractivity contribution in [3.63, 3.8) is 0 Å². The monoisotopic (exact) mass is 334 g/mol. The third kappa shape index (κ3) is 4.91. The van der Waals surface area contributed by atoms with Crippen LogP contribution < -0.4 is 10.4 Å². The van der Waals surface area contributed by atoms with Crippen molar-refractivity contribution in [1.29, 1.82) is 0 Å². The highest BCUT2D eigenvalue weighted by atomic mass is 79.9. The van der Waals surface area contributed by atoms with E-state index in [1.165, 1.54) is 11.7 Å². The van der Waals surface area contributed by atoms with E-state index in [2.05, 4.69) is 40.6 Å². The van der Waals surface area contributed by atoms with Crippen molar-refractivity contribution < 1.29 is 9.47 Å². The molecular formula is C11H19BrN2O3Si. The van der Waals surface area contributed by atoms with Crippen LogP contribution in [-0.2, 0) is 11.5 Å². The molecule has 18 heavy (non-hydrogen) atoms. The largest absolute Gasteiger partial charge is 0.480 e. The third-order valence-electron chi connectivity index (χ3n) is 2.34. The highest BCUT2D eigenvalue weighted by Gasteiger charge is 2.12. The number of methoxy groups -OCH3 is 1. The normalized spacial score (nSPS) is 11.6. The predicted octanol–water partition coefficient (Wildman–Crippen LogP) is 2.33. The molecule has 0 aromatic carbocycles. The van der Waals surface area contributed by atoms with Crippen LogP contribution in [0.1, 0.15) is 0 Å². The van der Waals surface area contributed by atoms with Crippen LogP contribution in [0, 0.1) is 0 Å². The summed E-state index contributed by atoms with van der Waals surface area (Å²) in [5, 5.41) is 0. The zero-order valence-electron chi connectivity index (χ0n) is 11.2. The lowest BCUT2D eigenvalue weighted by Crippen LogP contribution is -2.26. The van der Waals surface area contributed by atoms with Crippen LogP contribution in [0.3, 0.4) is 0 Å². The molecular weight excluding hydrogens is 316 g/mol. The Labute approximate surface area is 116 Å². The van der Waals surface area contributed by atoms with Gasteiger partial charge in [-0.05, 0) is 22.0 Å². The Bertz CT molecular complexity index is 457. The lowest BCUT2D eigenvalue weighted by molar-refractivity contribution is 0.0833. The molecule has 0 spiro atoms. The highest BCUT2D eigenvalue weighted by molar-refractivity contribution is 9.10. The molecule has 0 atom stereocenters. The van der Waals surface area contributed by atoms with Gasteiger partial charge < -0.3 is 9.47 Å². The van der Waals surface area contributed by atoms with Crippen molar-refractivity contribution in [3.05, 3.63) is 21.2 Å². The van der Waals surface area contributed by atoms with Crippen LogP contribution in [0.15, 0.2) is 15.5 Å². The summed E-state index contributed by atoms with van der Waals surface area (Å²) in [5.41, 5.74) is -0.372. The Kier molecular flexibility index (Phi) is 5.55. The summed E-state index contributed by atoms with van der Waals surface area (Å²) >= 11 is 3.29. The van der Waals surface area contributed by atoms with Crippen molar-refractivity contribution in [1.82, 2.24) is 9.55 Å². The quantitative estimate of drug-likeness (QED) is 0.591. The Morgan fingerprint density at radius 3 is 2.67 bits per heavy atom. The van der Waals surface area contributed by atoms with E-state index in [0.717, 1.165) is 6.04 Å². The SMILES string of the molecule is COc1nc(=O)n(COCC[Si](C)(C)C)cc1Br. The van der Waals surface area contributed by atoms with Crippen molar-refractivity contribution in [2.24, 2.45) is 0 Å². The lowest BCUT2D eigenvalue weighted by atomic mass is 10.6. The number of hydrogen-bond donors (Lipinski definition) is 0. The van der Waals surface area contributed by atoms with Gasteiger partial charge >= 0.3 is 5.69 Å². The van der Waals surface area contributed by atoms with Crippen molar-refractivity contribution >= 4 is 24.0 Å². The van der Waals surface area contributed by atoms with Gasteiger partial charge in [-0.15, -0.1) is 0 Å². The van der Waals surface area contributed by atoms with Crippen LogP contribution >= 0.6 is 15.9 Å². The number of halogens is 1. The summed E-state index contributed by atoms with van der Waals surface area (Å²) in [6.07, 6.45) is 1.63. The number of rotatable bonds is 6. The summed E-state index contributed by atoms with van der Waals surface area (Å²) < 4.78 is 12.5. The van der Waals surface area contributed by atoms with Crippen LogP contribution in [0.4, 0.5) is 0 Å². The molecule has 0 N–H and O–H groups in total. The van der Waals surface area contributed by atoms with Gasteiger partial charge in [0.25, 0.3) is 0 Å². The zero-order valence-corrected chi connectivity index (χ0v) is 13.8. The van der Waals surface area contributed by atoms with E-state index in [9.17, 15) is 4.79 Å². The molecule has 0 fully saturated rings. The average Bonchev–Trinajstić information content (AvgIpc) is 2.27. The first-order valence-corrected chi connectivity index (χ1v) is 10.2. The standard InChI is InChI=1S/C11H19BrN2O3Si/c1-16-10-9(12)7-14(11(15)13-10)8-17-5-6-18(2,3)4/h7H,5-6,8H2,1-4H3. The van der Waals surface area contributed by atoms with Gasteiger partial charge in [-0.25, -0.2) is 4.79 Å². The molecule has 1 rings (SSSR count). The predicted molar refractivity (Wildman–Crippen MR) is 76.9 cm³/mol. The molecule has 0 saturated heterocycles. The van der Waals surface area contributed by atoms with E-state index in [4.69, 9.17) is 9.47 Å². The molecule has 5 nitrogen and oxygen atoms in total. The molecule has 1 heterocycles. The van der Waals surface area contributed by atoms with Gasteiger partial charge in [-0.2, -0.15) is 4.98 Å². The first-order valence-electron chi connectivity index (χ1n) is 5.72. The summed E-state index contributed by atoms with van der Waals surface area (Å²) in [7, 11) is 0.382. The molecule has 0 amide bonds. The average molecular weight is 335 g/mol. The maximum absolute atomic E-state index is 11.6. The van der Waals surface area contributed by atoms with Crippen LogP contribution in [0.5, 0.6) is 5.88 Å². The van der Waals surface area contributed by atoms with Crippen molar-refractivity contribution in [3.8, 4) is 5.88 Å². The van der Waals surface area contributed by atoms with Gasteiger partial charge in [-0.1, -0.05) is 19.6 Å². The fourth-order valence-electron chi connectivity index (χ4n) is 1.23. The Hall–Kier alpha value is -0.663. The van der Waals surface area contributed by atoms with E-state index < -0.39 is 8.07 Å². The fourth-order valence-corrected chi connectivity index (χ4v) is 2.48. The van der Waals surface area contributed by atoms with E-state index in [1.54, 1.807) is 6.20 Å². The summed E-state index contributed by atoms with van der Waals surface area (Å²) in [4.78, 5) is 15.4. The second-order valence-electron chi connectivity index (χ2n) is 5.20. The van der Waals surface area contributed by atoms with Crippen LogP contribution in [0.25, 0.3) is 0 Å². The Balaban J connectivity index is 2.58. The lowest BCUT2D eigenvalue weighted by Gasteiger charge is -2.15. The minimum atomic E-state index is -1.09. The summed E-state index contributed by atoms with van der Waals surface area (Å²) in [6.45, 7) is 7.75. The molecule has 0 aliphatic heterocycles. The summed E-state index contributed by atoms with van der Waals surface area (Å²) in [5.74, 6) is 0.290. The minimum Gasteiger partial charge on any atom is -0.480 e. The van der Waals surface area contributed by atoms with E-state index in [1.807, 2.05) is 0 Å².